The van der Waals surface area contributed by atoms with Crippen LogP contribution in [0.15, 0.2) is 17.5 Å². The van der Waals surface area contributed by atoms with E-state index in [1.807, 2.05) is 13.8 Å². The molecule has 1 aromatic rings. The van der Waals surface area contributed by atoms with Gasteiger partial charge in [0, 0.05) is 24.1 Å². The summed E-state index contributed by atoms with van der Waals surface area (Å²) in [6.07, 6.45) is 2.53. The Labute approximate surface area is 132 Å². The molecule has 1 atom stereocenters. The second-order valence-electron chi connectivity index (χ2n) is 5.63. The zero-order valence-electron chi connectivity index (χ0n) is 12.8. The van der Waals surface area contributed by atoms with E-state index in [1.54, 1.807) is 23.1 Å². The van der Waals surface area contributed by atoms with Crippen LogP contribution < -0.4 is 0 Å². The first kappa shape index (κ1) is 16.9. The number of benzene rings is 1. The van der Waals surface area contributed by atoms with Gasteiger partial charge in [-0.05, 0) is 61.6 Å². The highest BCUT2D eigenvalue weighted by Crippen LogP contribution is 2.21. The quantitative estimate of drug-likeness (QED) is 0.835. The van der Waals surface area contributed by atoms with Crippen LogP contribution in [-0.4, -0.2) is 43.9 Å². The van der Waals surface area contributed by atoms with E-state index in [0.717, 1.165) is 16.7 Å². The number of rotatable bonds is 3. The summed E-state index contributed by atoms with van der Waals surface area (Å²) in [5, 5.41) is 10.7. The van der Waals surface area contributed by atoms with E-state index >= 15 is 0 Å². The van der Waals surface area contributed by atoms with Gasteiger partial charge in [-0.25, -0.2) is 4.21 Å². The Morgan fingerprint density at radius 3 is 2.32 bits per heavy atom. The molecule has 2 N–H and O–H groups in total. The first-order chi connectivity index (χ1) is 10.4. The predicted octanol–water partition coefficient (Wildman–Crippen LogP) is 2.09. The average Bonchev–Trinajstić information content (AvgIpc) is 2.46. The second kappa shape index (κ2) is 7.17. The van der Waals surface area contributed by atoms with Gasteiger partial charge < -0.3 is 14.6 Å². The lowest BCUT2D eigenvalue weighted by Gasteiger charge is -2.30. The van der Waals surface area contributed by atoms with Crippen molar-refractivity contribution in [1.82, 2.24) is 4.90 Å². The molecule has 0 saturated carbocycles. The number of hydrogen-bond acceptors (Lipinski definition) is 3. The standard InChI is InChI=1S/C16H21NO4S/c1-11-9-13(10-12(2)15(11)5-8-22(20)21)16(19)17-6-3-14(18)4-7-17/h5,8-10,14,18H,3-4,6-7H2,1-2H3,(H,20,21)/b8-5+. The van der Waals surface area contributed by atoms with Crippen LogP contribution in [0.25, 0.3) is 6.08 Å². The minimum Gasteiger partial charge on any atom is -0.393 e. The van der Waals surface area contributed by atoms with Crippen LogP contribution in [0.2, 0.25) is 0 Å². The van der Waals surface area contributed by atoms with Gasteiger partial charge in [-0.2, -0.15) is 0 Å². The number of piperidine rings is 1. The first-order valence-electron chi connectivity index (χ1n) is 7.25. The maximum absolute atomic E-state index is 12.5. The Morgan fingerprint density at radius 2 is 1.82 bits per heavy atom. The van der Waals surface area contributed by atoms with Crippen LogP contribution in [0, 0.1) is 13.8 Å². The topological polar surface area (TPSA) is 77.8 Å². The highest BCUT2D eigenvalue weighted by atomic mass is 32.2. The van der Waals surface area contributed by atoms with Crippen LogP contribution in [0.4, 0.5) is 0 Å². The van der Waals surface area contributed by atoms with E-state index < -0.39 is 11.1 Å². The van der Waals surface area contributed by atoms with Gasteiger partial charge in [-0.1, -0.05) is 0 Å². The van der Waals surface area contributed by atoms with Crippen LogP contribution in [-0.2, 0) is 11.1 Å². The van der Waals surface area contributed by atoms with Gasteiger partial charge in [0.2, 0.25) is 0 Å². The smallest absolute Gasteiger partial charge is 0.253 e. The van der Waals surface area contributed by atoms with E-state index in [2.05, 4.69) is 0 Å². The van der Waals surface area contributed by atoms with Gasteiger partial charge >= 0.3 is 0 Å². The number of carbonyl (C=O) groups is 1. The maximum Gasteiger partial charge on any atom is 0.253 e. The number of aryl methyl sites for hydroxylation is 2. The molecule has 5 nitrogen and oxygen atoms in total. The molecule has 1 heterocycles. The van der Waals surface area contributed by atoms with E-state index in [4.69, 9.17) is 4.55 Å². The lowest BCUT2D eigenvalue weighted by molar-refractivity contribution is 0.0546. The van der Waals surface area contributed by atoms with Gasteiger partial charge in [0.15, 0.2) is 11.1 Å². The molecule has 6 heteroatoms. The number of carbonyl (C=O) groups excluding carboxylic acids is 1. The van der Waals surface area contributed by atoms with Gasteiger partial charge in [-0.3, -0.25) is 4.79 Å². The summed E-state index contributed by atoms with van der Waals surface area (Å²) >= 11 is -1.98. The number of aliphatic hydroxyl groups excluding tert-OH is 1. The third kappa shape index (κ3) is 4.03. The van der Waals surface area contributed by atoms with Crippen LogP contribution in [0.3, 0.4) is 0 Å². The monoisotopic (exact) mass is 323 g/mol. The SMILES string of the molecule is Cc1cc(C(=O)N2CCC(O)CC2)cc(C)c1/C=C/S(=O)O. The minimum absolute atomic E-state index is 0.0284. The molecule has 0 radical (unpaired) electrons. The fraction of sp³-hybridized carbons (Fsp3) is 0.438. The van der Waals surface area contributed by atoms with Crippen LogP contribution >= 0.6 is 0 Å². The Bertz CT molecular complexity index is 596. The zero-order valence-corrected chi connectivity index (χ0v) is 13.6. The minimum atomic E-state index is -1.98. The van der Waals surface area contributed by atoms with Crippen molar-refractivity contribution in [3.8, 4) is 0 Å². The predicted molar refractivity (Wildman–Crippen MR) is 86.9 cm³/mol. The molecular formula is C16H21NO4S. The van der Waals surface area contributed by atoms with E-state index in [1.165, 1.54) is 5.41 Å². The van der Waals surface area contributed by atoms with Crippen LogP contribution in [0.1, 0.15) is 39.9 Å². The maximum atomic E-state index is 12.5. The molecule has 0 aliphatic carbocycles. The van der Waals surface area contributed by atoms with E-state index in [0.29, 0.717) is 31.5 Å². The molecule has 1 saturated heterocycles. The Hall–Kier alpha value is -1.50. The Morgan fingerprint density at radius 1 is 1.27 bits per heavy atom. The first-order valence-corrected chi connectivity index (χ1v) is 8.42. The molecule has 0 bridgehead atoms. The van der Waals surface area contributed by atoms with E-state index in [9.17, 15) is 14.1 Å². The molecule has 0 spiro atoms. The normalized spacial score (nSPS) is 17.9. The molecule has 1 aliphatic heterocycles. The number of hydrogen-bond donors (Lipinski definition) is 2. The third-order valence-electron chi connectivity index (χ3n) is 3.94. The Balaban J connectivity index is 2.22. The largest absolute Gasteiger partial charge is 0.393 e. The van der Waals surface area contributed by atoms with Gasteiger partial charge in [-0.15, -0.1) is 0 Å². The Kier molecular flexibility index (Phi) is 5.50. The zero-order chi connectivity index (χ0) is 16.3. The number of aliphatic hydroxyl groups is 1. The summed E-state index contributed by atoms with van der Waals surface area (Å²) < 4.78 is 19.6. The van der Waals surface area contributed by atoms with Crippen molar-refractivity contribution in [3.63, 3.8) is 0 Å². The highest BCUT2D eigenvalue weighted by Gasteiger charge is 2.22. The third-order valence-corrected chi connectivity index (χ3v) is 4.31. The van der Waals surface area contributed by atoms with Crippen molar-refractivity contribution in [1.29, 1.82) is 0 Å². The van der Waals surface area contributed by atoms with Crippen LogP contribution in [0.5, 0.6) is 0 Å². The summed E-state index contributed by atoms with van der Waals surface area (Å²) in [5.74, 6) is -0.0284. The van der Waals surface area contributed by atoms with Gasteiger partial charge in [0.25, 0.3) is 5.91 Å². The molecule has 0 aromatic heterocycles. The highest BCUT2D eigenvalue weighted by molar-refractivity contribution is 7.82. The molecule has 120 valence electrons. The molecular weight excluding hydrogens is 302 g/mol. The van der Waals surface area contributed by atoms with E-state index in [-0.39, 0.29) is 12.0 Å². The van der Waals surface area contributed by atoms with Crippen molar-refractivity contribution >= 4 is 23.1 Å². The summed E-state index contributed by atoms with van der Waals surface area (Å²) in [7, 11) is 0. The fourth-order valence-corrected chi connectivity index (χ4v) is 2.99. The number of amides is 1. The summed E-state index contributed by atoms with van der Waals surface area (Å²) in [5.41, 5.74) is 3.26. The molecule has 2 rings (SSSR count). The molecule has 1 unspecified atom stereocenters. The average molecular weight is 323 g/mol. The van der Waals surface area contributed by atoms with Crippen molar-refractivity contribution in [2.75, 3.05) is 13.1 Å². The lowest BCUT2D eigenvalue weighted by Crippen LogP contribution is -2.40. The summed E-state index contributed by atoms with van der Waals surface area (Å²) in [6, 6.07) is 3.61. The molecule has 22 heavy (non-hydrogen) atoms. The summed E-state index contributed by atoms with van der Waals surface area (Å²) in [6.45, 7) is 4.90. The second-order valence-corrected chi connectivity index (χ2v) is 6.45. The molecule has 1 fully saturated rings. The molecule has 1 aromatic carbocycles. The van der Waals surface area contributed by atoms with Crippen molar-refractivity contribution < 1.29 is 18.7 Å². The van der Waals surface area contributed by atoms with Crippen molar-refractivity contribution in [2.45, 2.75) is 32.8 Å². The summed E-state index contributed by atoms with van der Waals surface area (Å²) in [4.78, 5) is 14.3. The number of nitrogens with zero attached hydrogens (tertiary/aromatic N) is 1. The molecule has 1 amide bonds. The van der Waals surface area contributed by atoms with Gasteiger partial charge in [0.1, 0.15) is 0 Å². The fourth-order valence-electron chi connectivity index (χ4n) is 2.74. The lowest BCUT2D eigenvalue weighted by atomic mass is 9.98. The van der Waals surface area contributed by atoms with Crippen molar-refractivity contribution in [2.24, 2.45) is 0 Å². The number of likely N-dealkylation sites (tertiary alicyclic amines) is 1. The van der Waals surface area contributed by atoms with Gasteiger partial charge in [0.05, 0.1) is 6.10 Å². The molecule has 1 aliphatic rings. The van der Waals surface area contributed by atoms with Crippen molar-refractivity contribution in [3.05, 3.63) is 39.8 Å².